The predicted molar refractivity (Wildman–Crippen MR) is 92.3 cm³/mol. The van der Waals surface area contributed by atoms with Gasteiger partial charge < -0.3 is 15.4 Å². The number of ether oxygens (including phenoxy) is 1. The van der Waals surface area contributed by atoms with Crippen molar-refractivity contribution < 1.29 is 4.74 Å². The van der Waals surface area contributed by atoms with Crippen LogP contribution in [0.4, 0.5) is 0 Å². The van der Waals surface area contributed by atoms with Crippen LogP contribution >= 0.6 is 0 Å². The van der Waals surface area contributed by atoms with Gasteiger partial charge in [-0.25, -0.2) is 4.98 Å². The number of rotatable bonds is 6. The molecule has 0 radical (unpaired) electrons. The lowest BCUT2D eigenvalue weighted by Gasteiger charge is -2.23. The molecule has 2 N–H and O–H groups in total. The molecule has 1 atom stereocenters. The van der Waals surface area contributed by atoms with Gasteiger partial charge in [0.2, 0.25) is 5.88 Å². The summed E-state index contributed by atoms with van der Waals surface area (Å²) in [5, 5.41) is 6.73. The van der Waals surface area contributed by atoms with E-state index in [0.717, 1.165) is 17.9 Å². The van der Waals surface area contributed by atoms with E-state index in [1.165, 1.54) is 6.42 Å². The van der Waals surface area contributed by atoms with Crippen LogP contribution in [0.2, 0.25) is 0 Å². The fourth-order valence-electron chi connectivity index (χ4n) is 2.07. The zero-order valence-electron chi connectivity index (χ0n) is 14.7. The molecule has 0 spiro atoms. The molecule has 0 aliphatic heterocycles. The normalized spacial score (nSPS) is 13.6. The molecule has 0 aliphatic rings. The molecule has 22 heavy (non-hydrogen) atoms. The van der Waals surface area contributed by atoms with Crippen molar-refractivity contribution in [3.63, 3.8) is 0 Å². The van der Waals surface area contributed by atoms with Crippen LogP contribution in [0.25, 0.3) is 0 Å². The number of guanidine groups is 1. The lowest BCUT2D eigenvalue weighted by atomic mass is 9.89. The number of pyridine rings is 1. The van der Waals surface area contributed by atoms with E-state index in [2.05, 4.69) is 48.3 Å². The van der Waals surface area contributed by atoms with Crippen LogP contribution in [0.3, 0.4) is 0 Å². The third-order valence-corrected chi connectivity index (χ3v) is 3.42. The molecule has 0 bridgehead atoms. The highest BCUT2D eigenvalue weighted by Crippen LogP contribution is 2.21. The smallest absolute Gasteiger partial charge is 0.218 e. The molecule has 0 saturated carbocycles. The van der Waals surface area contributed by atoms with Crippen molar-refractivity contribution in [1.82, 2.24) is 15.6 Å². The Kier molecular flexibility index (Phi) is 7.15. The Balaban J connectivity index is 2.49. The minimum atomic E-state index is 0.357. The predicted octanol–water partition coefficient (Wildman–Crippen LogP) is 2.97. The van der Waals surface area contributed by atoms with E-state index < -0.39 is 0 Å². The van der Waals surface area contributed by atoms with Gasteiger partial charge in [-0.05, 0) is 31.2 Å². The molecule has 0 aliphatic carbocycles. The Morgan fingerprint density at radius 2 is 2.14 bits per heavy atom. The van der Waals surface area contributed by atoms with Gasteiger partial charge in [-0.2, -0.15) is 0 Å². The lowest BCUT2D eigenvalue weighted by molar-refractivity contribution is 0.346. The lowest BCUT2D eigenvalue weighted by Crippen LogP contribution is -2.42. The molecule has 0 amide bonds. The summed E-state index contributed by atoms with van der Waals surface area (Å²) in [4.78, 5) is 8.47. The summed E-state index contributed by atoms with van der Waals surface area (Å²) in [6.07, 6.45) is 4.01. The van der Waals surface area contributed by atoms with Gasteiger partial charge in [-0.1, -0.05) is 26.8 Å². The summed E-state index contributed by atoms with van der Waals surface area (Å²) in [6, 6.07) is 4.28. The molecular formula is C17H30N4O. The molecule has 124 valence electrons. The fraction of sp³-hybridized carbons (Fsp3) is 0.647. The Morgan fingerprint density at radius 1 is 1.41 bits per heavy atom. The second kappa shape index (κ2) is 8.61. The second-order valence-corrected chi connectivity index (χ2v) is 6.74. The first-order valence-electron chi connectivity index (χ1n) is 7.81. The van der Waals surface area contributed by atoms with Gasteiger partial charge in [0.05, 0.1) is 7.11 Å². The number of hydrogen-bond acceptors (Lipinski definition) is 3. The summed E-state index contributed by atoms with van der Waals surface area (Å²) in [7, 11) is 3.42. The molecular weight excluding hydrogens is 276 g/mol. The largest absolute Gasteiger partial charge is 0.481 e. The van der Waals surface area contributed by atoms with Crippen molar-refractivity contribution in [3.8, 4) is 5.88 Å². The quantitative estimate of drug-likeness (QED) is 0.626. The van der Waals surface area contributed by atoms with E-state index >= 15 is 0 Å². The van der Waals surface area contributed by atoms with Crippen molar-refractivity contribution >= 4 is 5.96 Å². The average Bonchev–Trinajstić information content (AvgIpc) is 2.49. The van der Waals surface area contributed by atoms with Crippen molar-refractivity contribution in [2.45, 2.75) is 53.1 Å². The number of methoxy groups -OCH3 is 1. The van der Waals surface area contributed by atoms with E-state index in [1.807, 2.05) is 12.1 Å². The fourth-order valence-corrected chi connectivity index (χ4v) is 2.07. The summed E-state index contributed by atoms with van der Waals surface area (Å²) in [5.41, 5.74) is 1.37. The molecule has 0 aromatic carbocycles. The van der Waals surface area contributed by atoms with Crippen molar-refractivity contribution in [3.05, 3.63) is 23.9 Å². The number of hydrogen-bond donors (Lipinski definition) is 2. The van der Waals surface area contributed by atoms with Crippen molar-refractivity contribution in [1.29, 1.82) is 0 Å². The molecule has 1 heterocycles. The van der Waals surface area contributed by atoms with Crippen LogP contribution < -0.4 is 15.4 Å². The Morgan fingerprint density at radius 3 is 2.73 bits per heavy atom. The zero-order chi connectivity index (χ0) is 16.6. The third kappa shape index (κ3) is 6.78. The topological polar surface area (TPSA) is 58.5 Å². The van der Waals surface area contributed by atoms with Crippen molar-refractivity contribution in [2.24, 2.45) is 10.4 Å². The minimum Gasteiger partial charge on any atom is -0.481 e. The van der Waals surface area contributed by atoms with Crippen LogP contribution in [0.15, 0.2) is 23.3 Å². The molecule has 1 rings (SSSR count). The third-order valence-electron chi connectivity index (χ3n) is 3.42. The van der Waals surface area contributed by atoms with Gasteiger partial charge in [-0.15, -0.1) is 0 Å². The monoisotopic (exact) mass is 306 g/mol. The summed E-state index contributed by atoms with van der Waals surface area (Å²) < 4.78 is 5.26. The summed E-state index contributed by atoms with van der Waals surface area (Å²) in [6.45, 7) is 9.61. The SMILES string of the molecule is CN=C(NCc1cccnc1OC)NC(C)CCC(C)(C)C. The number of nitrogens with one attached hydrogen (secondary N) is 2. The highest BCUT2D eigenvalue weighted by Gasteiger charge is 2.13. The van der Waals surface area contributed by atoms with E-state index in [9.17, 15) is 0 Å². The second-order valence-electron chi connectivity index (χ2n) is 6.74. The van der Waals surface area contributed by atoms with Gasteiger partial charge in [0, 0.05) is 31.4 Å². The van der Waals surface area contributed by atoms with Crippen LogP contribution in [0, 0.1) is 5.41 Å². The number of nitrogens with zero attached hydrogens (tertiary/aromatic N) is 2. The Labute approximate surface area is 134 Å². The van der Waals surface area contributed by atoms with Gasteiger partial charge in [0.1, 0.15) is 0 Å². The van der Waals surface area contributed by atoms with E-state index in [1.54, 1.807) is 20.4 Å². The first-order valence-corrected chi connectivity index (χ1v) is 7.81. The number of aromatic nitrogens is 1. The van der Waals surface area contributed by atoms with Gasteiger partial charge >= 0.3 is 0 Å². The molecule has 5 heteroatoms. The summed E-state index contributed by atoms with van der Waals surface area (Å²) in [5.74, 6) is 1.44. The molecule has 0 fully saturated rings. The molecule has 0 saturated heterocycles. The first-order chi connectivity index (χ1) is 10.4. The van der Waals surface area contributed by atoms with Crippen molar-refractivity contribution in [2.75, 3.05) is 14.2 Å². The maximum absolute atomic E-state index is 5.26. The molecule has 1 unspecified atom stereocenters. The summed E-state index contributed by atoms with van der Waals surface area (Å²) >= 11 is 0. The molecule has 5 nitrogen and oxygen atoms in total. The Bertz CT molecular complexity index is 480. The van der Waals surface area contributed by atoms with Gasteiger partial charge in [0.15, 0.2) is 5.96 Å². The number of aliphatic imine (C=N–C) groups is 1. The first kappa shape index (κ1) is 18.3. The van der Waals surface area contributed by atoms with Gasteiger partial charge in [0.25, 0.3) is 0 Å². The molecule has 1 aromatic heterocycles. The average molecular weight is 306 g/mol. The van der Waals surface area contributed by atoms with E-state index in [4.69, 9.17) is 4.74 Å². The molecule has 1 aromatic rings. The van der Waals surface area contributed by atoms with Gasteiger partial charge in [-0.3, -0.25) is 4.99 Å². The highest BCUT2D eigenvalue weighted by atomic mass is 16.5. The highest BCUT2D eigenvalue weighted by molar-refractivity contribution is 5.79. The van der Waals surface area contributed by atoms with Crippen LogP contribution in [-0.4, -0.2) is 31.1 Å². The Hall–Kier alpha value is -1.78. The van der Waals surface area contributed by atoms with Crippen LogP contribution in [0.1, 0.15) is 46.1 Å². The zero-order valence-corrected chi connectivity index (χ0v) is 14.7. The van der Waals surface area contributed by atoms with E-state index in [0.29, 0.717) is 23.9 Å². The minimum absolute atomic E-state index is 0.357. The maximum atomic E-state index is 5.26. The van der Waals surface area contributed by atoms with Crippen LogP contribution in [0.5, 0.6) is 5.88 Å². The van der Waals surface area contributed by atoms with Crippen LogP contribution in [-0.2, 0) is 6.54 Å². The standard InChI is InChI=1S/C17H30N4O/c1-13(9-10-17(2,3)4)21-16(18-5)20-12-14-8-7-11-19-15(14)22-6/h7-8,11,13H,9-10,12H2,1-6H3,(H2,18,20,21). The maximum Gasteiger partial charge on any atom is 0.218 e. The van der Waals surface area contributed by atoms with E-state index in [-0.39, 0.29) is 0 Å².